The molecular weight excluding hydrogens is 391 g/mol. The summed E-state index contributed by atoms with van der Waals surface area (Å²) < 4.78 is 6.43. The van der Waals surface area contributed by atoms with Crippen molar-refractivity contribution in [2.45, 2.75) is 6.42 Å². The van der Waals surface area contributed by atoms with E-state index in [1.165, 1.54) is 6.26 Å². The van der Waals surface area contributed by atoms with E-state index in [0.29, 0.717) is 11.6 Å². The Bertz CT molecular complexity index is 784. The molecular formula is C17H13IN2O2. The Kier molecular flexibility index (Phi) is 4.53. The topological polar surface area (TPSA) is 55.1 Å². The Balaban J connectivity index is 1.68. The van der Waals surface area contributed by atoms with Crippen molar-refractivity contribution in [2.24, 2.45) is 0 Å². The molecule has 0 aliphatic carbocycles. The fourth-order valence-electron chi connectivity index (χ4n) is 2.02. The number of carbonyl (C=O) groups is 1. The first-order chi connectivity index (χ1) is 10.7. The van der Waals surface area contributed by atoms with Gasteiger partial charge in [-0.1, -0.05) is 30.3 Å². The second kappa shape index (κ2) is 6.74. The predicted molar refractivity (Wildman–Crippen MR) is 93.4 cm³/mol. The third-order valence-corrected chi connectivity index (χ3v) is 4.00. The molecule has 0 saturated carbocycles. The molecule has 22 heavy (non-hydrogen) atoms. The fraction of sp³-hybridized carbons (Fsp3) is 0.0588. The van der Waals surface area contributed by atoms with Crippen LogP contribution in [0.25, 0.3) is 11.5 Å². The molecule has 0 fully saturated rings. The summed E-state index contributed by atoms with van der Waals surface area (Å²) in [5.74, 6) is 0.412. The highest BCUT2D eigenvalue weighted by Gasteiger charge is 2.11. The summed E-state index contributed by atoms with van der Waals surface area (Å²) in [6.07, 6.45) is 1.71. The van der Waals surface area contributed by atoms with Gasteiger partial charge in [-0.05, 0) is 46.9 Å². The van der Waals surface area contributed by atoms with Gasteiger partial charge in [0.1, 0.15) is 6.26 Å². The number of hydrogen-bond acceptors (Lipinski definition) is 3. The number of oxazole rings is 1. The Hall–Kier alpha value is -2.15. The number of halogens is 1. The molecule has 0 atom stereocenters. The van der Waals surface area contributed by atoms with Gasteiger partial charge in [0.15, 0.2) is 0 Å². The highest BCUT2D eigenvalue weighted by molar-refractivity contribution is 14.1. The van der Waals surface area contributed by atoms with Gasteiger partial charge in [-0.25, -0.2) is 4.98 Å². The van der Waals surface area contributed by atoms with Crippen LogP contribution in [-0.2, 0) is 11.2 Å². The van der Waals surface area contributed by atoms with Crippen LogP contribution in [-0.4, -0.2) is 10.9 Å². The first-order valence-corrected chi connectivity index (χ1v) is 7.84. The molecule has 0 radical (unpaired) electrons. The maximum Gasteiger partial charge on any atom is 0.230 e. The van der Waals surface area contributed by atoms with Gasteiger partial charge in [0.25, 0.3) is 0 Å². The van der Waals surface area contributed by atoms with Crippen molar-refractivity contribution in [3.8, 4) is 11.5 Å². The maximum absolute atomic E-state index is 12.1. The van der Waals surface area contributed by atoms with Gasteiger partial charge in [0, 0.05) is 9.13 Å². The number of benzene rings is 2. The first kappa shape index (κ1) is 14.8. The lowest BCUT2D eigenvalue weighted by molar-refractivity contribution is -0.115. The van der Waals surface area contributed by atoms with Crippen molar-refractivity contribution in [2.75, 3.05) is 5.32 Å². The summed E-state index contributed by atoms with van der Waals surface area (Å²) in [5, 5.41) is 2.88. The summed E-state index contributed by atoms with van der Waals surface area (Å²) in [7, 11) is 0. The second-order valence-electron chi connectivity index (χ2n) is 4.71. The molecule has 1 N–H and O–H groups in total. The highest BCUT2D eigenvalue weighted by atomic mass is 127. The molecule has 3 rings (SSSR count). The minimum atomic E-state index is -0.114. The number of nitrogens with zero attached hydrogens (tertiary/aromatic N) is 1. The van der Waals surface area contributed by atoms with Crippen molar-refractivity contribution in [1.82, 2.24) is 4.98 Å². The van der Waals surface area contributed by atoms with Crippen molar-refractivity contribution >= 4 is 34.2 Å². The van der Waals surface area contributed by atoms with Crippen LogP contribution in [0.4, 0.5) is 5.69 Å². The van der Waals surface area contributed by atoms with Gasteiger partial charge in [0.2, 0.25) is 11.8 Å². The zero-order valence-corrected chi connectivity index (χ0v) is 13.8. The number of para-hydroxylation sites is 1. The molecule has 0 saturated heterocycles. The van der Waals surface area contributed by atoms with Crippen LogP contribution in [0, 0.1) is 3.57 Å². The smallest absolute Gasteiger partial charge is 0.230 e. The number of amides is 1. The molecule has 1 heterocycles. The SMILES string of the molecule is O=C(Cc1coc(-c2ccccc2)n1)Nc1ccccc1I. The van der Waals surface area contributed by atoms with E-state index in [1.54, 1.807) is 0 Å². The summed E-state index contributed by atoms with van der Waals surface area (Å²) in [5.41, 5.74) is 2.31. The van der Waals surface area contributed by atoms with E-state index in [2.05, 4.69) is 32.9 Å². The summed E-state index contributed by atoms with van der Waals surface area (Å²) >= 11 is 2.19. The molecule has 0 unspecified atom stereocenters. The minimum Gasteiger partial charge on any atom is -0.444 e. The monoisotopic (exact) mass is 404 g/mol. The standard InChI is InChI=1S/C17H13IN2O2/c18-14-8-4-5-9-15(14)20-16(21)10-13-11-22-17(19-13)12-6-2-1-3-7-12/h1-9,11H,10H2,(H,20,21). The Morgan fingerprint density at radius 1 is 1.09 bits per heavy atom. The Morgan fingerprint density at radius 2 is 1.82 bits per heavy atom. The second-order valence-corrected chi connectivity index (χ2v) is 5.88. The zero-order chi connectivity index (χ0) is 15.4. The zero-order valence-electron chi connectivity index (χ0n) is 11.6. The van der Waals surface area contributed by atoms with Crippen LogP contribution < -0.4 is 5.32 Å². The van der Waals surface area contributed by atoms with E-state index >= 15 is 0 Å². The molecule has 2 aromatic carbocycles. The van der Waals surface area contributed by atoms with E-state index in [9.17, 15) is 4.79 Å². The molecule has 5 heteroatoms. The molecule has 1 amide bonds. The maximum atomic E-state index is 12.1. The third-order valence-electron chi connectivity index (χ3n) is 3.06. The van der Waals surface area contributed by atoms with E-state index in [1.807, 2.05) is 54.6 Å². The first-order valence-electron chi connectivity index (χ1n) is 6.76. The van der Waals surface area contributed by atoms with Crippen molar-refractivity contribution in [3.63, 3.8) is 0 Å². The highest BCUT2D eigenvalue weighted by Crippen LogP contribution is 2.19. The van der Waals surface area contributed by atoms with Crippen molar-refractivity contribution in [1.29, 1.82) is 0 Å². The third kappa shape index (κ3) is 3.54. The van der Waals surface area contributed by atoms with E-state index in [4.69, 9.17) is 4.42 Å². The van der Waals surface area contributed by atoms with Crippen LogP contribution in [0.3, 0.4) is 0 Å². The molecule has 1 aromatic heterocycles. The lowest BCUT2D eigenvalue weighted by atomic mass is 10.2. The average molecular weight is 404 g/mol. The summed E-state index contributed by atoms with van der Waals surface area (Å²) in [4.78, 5) is 16.4. The number of rotatable bonds is 4. The Morgan fingerprint density at radius 3 is 2.59 bits per heavy atom. The van der Waals surface area contributed by atoms with Crippen molar-refractivity contribution in [3.05, 3.63) is 70.1 Å². The molecule has 4 nitrogen and oxygen atoms in total. The lowest BCUT2D eigenvalue weighted by Crippen LogP contribution is -2.15. The largest absolute Gasteiger partial charge is 0.444 e. The molecule has 0 spiro atoms. The fourth-order valence-corrected chi connectivity index (χ4v) is 2.55. The van der Waals surface area contributed by atoms with Gasteiger partial charge in [-0.3, -0.25) is 4.79 Å². The number of anilines is 1. The van der Waals surface area contributed by atoms with E-state index in [0.717, 1.165) is 14.8 Å². The van der Waals surface area contributed by atoms with Crippen LogP contribution in [0.5, 0.6) is 0 Å². The quantitative estimate of drug-likeness (QED) is 0.666. The normalized spacial score (nSPS) is 10.4. The summed E-state index contributed by atoms with van der Waals surface area (Å²) in [6, 6.07) is 17.2. The van der Waals surface area contributed by atoms with E-state index < -0.39 is 0 Å². The number of nitrogens with one attached hydrogen (secondary N) is 1. The number of aromatic nitrogens is 1. The van der Waals surface area contributed by atoms with Crippen LogP contribution >= 0.6 is 22.6 Å². The average Bonchev–Trinajstić information content (AvgIpc) is 2.99. The Labute approximate surface area is 141 Å². The number of hydrogen-bond donors (Lipinski definition) is 1. The molecule has 0 aliphatic rings. The van der Waals surface area contributed by atoms with Gasteiger partial charge in [0.05, 0.1) is 17.8 Å². The van der Waals surface area contributed by atoms with Gasteiger partial charge < -0.3 is 9.73 Å². The molecule has 0 bridgehead atoms. The van der Waals surface area contributed by atoms with Gasteiger partial charge >= 0.3 is 0 Å². The van der Waals surface area contributed by atoms with Crippen LogP contribution in [0.2, 0.25) is 0 Å². The van der Waals surface area contributed by atoms with Gasteiger partial charge in [-0.2, -0.15) is 0 Å². The molecule has 0 aliphatic heterocycles. The van der Waals surface area contributed by atoms with Crippen molar-refractivity contribution < 1.29 is 9.21 Å². The van der Waals surface area contributed by atoms with E-state index in [-0.39, 0.29) is 12.3 Å². The summed E-state index contributed by atoms with van der Waals surface area (Å²) in [6.45, 7) is 0. The van der Waals surface area contributed by atoms with Gasteiger partial charge in [-0.15, -0.1) is 0 Å². The number of carbonyl (C=O) groups excluding carboxylic acids is 1. The predicted octanol–water partition coefficient (Wildman–Crippen LogP) is 4.13. The van der Waals surface area contributed by atoms with Crippen LogP contribution in [0.1, 0.15) is 5.69 Å². The van der Waals surface area contributed by atoms with Crippen LogP contribution in [0.15, 0.2) is 65.3 Å². The minimum absolute atomic E-state index is 0.114. The molecule has 3 aromatic rings. The lowest BCUT2D eigenvalue weighted by Gasteiger charge is -2.05. The molecule has 110 valence electrons.